The Morgan fingerprint density at radius 3 is 2.18 bits per heavy atom. The van der Waals surface area contributed by atoms with E-state index in [0.29, 0.717) is 68.8 Å². The van der Waals surface area contributed by atoms with E-state index in [0.717, 1.165) is 82.9 Å². The molecule has 378 valence electrons. The van der Waals surface area contributed by atoms with Gasteiger partial charge in [0.25, 0.3) is 0 Å². The number of amides is 2. The average Bonchev–Trinajstić information content (AvgIpc) is 3.36. The highest BCUT2D eigenvalue weighted by Gasteiger charge is 2.39. The molecular formula is C50H59BrF4N11O4P. The number of rotatable bonds is 14. The molecule has 0 aliphatic carbocycles. The molecule has 1 atom stereocenters. The Balaban J connectivity index is 0.758. The first-order valence-electron chi connectivity index (χ1n) is 24.3. The zero-order valence-electron chi connectivity index (χ0n) is 40.3. The second-order valence-electron chi connectivity index (χ2n) is 19.2. The predicted octanol–water partition coefficient (Wildman–Crippen LogP) is 8.46. The number of piperazine rings is 1. The fourth-order valence-electron chi connectivity index (χ4n) is 10.7. The number of hydrogen-bond donors (Lipinski definition) is 3. The molecule has 9 rings (SSSR count). The number of carbonyl (C=O) groups excluding carboxylic acids is 2. The minimum atomic E-state index is -2.80. The van der Waals surface area contributed by atoms with Crippen LogP contribution in [0.2, 0.25) is 0 Å². The summed E-state index contributed by atoms with van der Waals surface area (Å²) in [5, 5.41) is 9.34. The molecule has 5 aromatic rings. The van der Waals surface area contributed by atoms with E-state index in [-0.39, 0.29) is 25.9 Å². The summed E-state index contributed by atoms with van der Waals surface area (Å²) in [6, 6.07) is 8.38. The Labute approximate surface area is 419 Å². The van der Waals surface area contributed by atoms with Crippen molar-refractivity contribution >= 4 is 85.7 Å². The summed E-state index contributed by atoms with van der Waals surface area (Å²) in [7, 11) is -1.14. The van der Waals surface area contributed by atoms with Crippen LogP contribution in [0.1, 0.15) is 68.9 Å². The molecular weight excluding hydrogens is 1010 g/mol. The molecule has 4 aliphatic heterocycles. The van der Waals surface area contributed by atoms with Crippen molar-refractivity contribution in [1.29, 1.82) is 0 Å². The summed E-state index contributed by atoms with van der Waals surface area (Å²) in [5.74, 6) is -7.40. The summed E-state index contributed by atoms with van der Waals surface area (Å²) in [5.41, 5.74) is 3.23. The van der Waals surface area contributed by atoms with Gasteiger partial charge in [-0.1, -0.05) is 6.92 Å². The van der Waals surface area contributed by atoms with Gasteiger partial charge < -0.3 is 34.6 Å². The Morgan fingerprint density at radius 2 is 1.52 bits per heavy atom. The number of aromatic nitrogens is 4. The van der Waals surface area contributed by atoms with E-state index in [2.05, 4.69) is 75.3 Å². The predicted molar refractivity (Wildman–Crippen MR) is 271 cm³/mol. The smallest absolute Gasteiger partial charge is 0.234 e. The molecule has 3 aromatic carbocycles. The molecule has 2 aromatic heterocycles. The molecule has 4 saturated heterocycles. The highest BCUT2D eigenvalue weighted by molar-refractivity contribution is 9.10. The highest BCUT2D eigenvalue weighted by atomic mass is 79.9. The Kier molecular flexibility index (Phi) is 15.2. The molecule has 21 heteroatoms. The zero-order chi connectivity index (χ0) is 50.1. The van der Waals surface area contributed by atoms with Gasteiger partial charge in [-0.05, 0) is 110 Å². The third-order valence-electron chi connectivity index (χ3n) is 14.6. The van der Waals surface area contributed by atoms with Crippen LogP contribution >= 0.6 is 23.1 Å². The first kappa shape index (κ1) is 50.5. The molecule has 4 fully saturated rings. The van der Waals surface area contributed by atoms with Crippen molar-refractivity contribution in [3.05, 3.63) is 81.7 Å². The van der Waals surface area contributed by atoms with Gasteiger partial charge in [-0.3, -0.25) is 29.8 Å². The lowest BCUT2D eigenvalue weighted by Gasteiger charge is -2.44. The second kappa shape index (κ2) is 21.3. The first-order chi connectivity index (χ1) is 34.1. The third-order valence-corrected chi connectivity index (χ3v) is 16.7. The number of benzene rings is 3. The van der Waals surface area contributed by atoms with Crippen molar-refractivity contribution in [3.8, 4) is 5.75 Å². The number of carbonyl (C=O) groups is 2. The maximum Gasteiger partial charge on any atom is 0.234 e. The van der Waals surface area contributed by atoms with Crippen LogP contribution in [0, 0.1) is 29.2 Å². The van der Waals surface area contributed by atoms with Gasteiger partial charge in [0.1, 0.15) is 29.9 Å². The molecule has 0 radical (unpaired) electrons. The molecule has 1 unspecified atom stereocenters. The molecule has 0 saturated carbocycles. The number of nitrogens with one attached hydrogen (secondary N) is 3. The maximum absolute atomic E-state index is 15.4. The number of ether oxygens (including phenoxy) is 1. The van der Waals surface area contributed by atoms with Gasteiger partial charge in [0, 0.05) is 101 Å². The van der Waals surface area contributed by atoms with Gasteiger partial charge in [-0.25, -0.2) is 22.5 Å². The van der Waals surface area contributed by atoms with E-state index in [9.17, 15) is 14.2 Å². The summed E-state index contributed by atoms with van der Waals surface area (Å²) in [4.78, 5) is 51.0. The van der Waals surface area contributed by atoms with Crippen LogP contribution in [0.4, 0.5) is 52.1 Å². The fraction of sp³-hybridized carbons (Fsp3) is 0.480. The number of fused-ring (bicyclic) bond motifs is 1. The van der Waals surface area contributed by atoms with Gasteiger partial charge in [0.15, 0.2) is 23.3 Å². The summed E-state index contributed by atoms with van der Waals surface area (Å²) < 4.78 is 81.5. The van der Waals surface area contributed by atoms with Crippen molar-refractivity contribution in [2.45, 2.75) is 70.3 Å². The molecule has 15 nitrogen and oxygen atoms in total. The monoisotopic (exact) mass is 1060 g/mol. The normalized spacial score (nSPS) is 19.1. The Morgan fingerprint density at radius 1 is 0.831 bits per heavy atom. The molecule has 4 aliphatic rings. The molecule has 2 amide bonds. The lowest BCUT2D eigenvalue weighted by atomic mass is 9.88. The number of imide groups is 1. The van der Waals surface area contributed by atoms with E-state index in [1.807, 2.05) is 17.4 Å². The van der Waals surface area contributed by atoms with E-state index < -0.39 is 59.4 Å². The van der Waals surface area contributed by atoms with Crippen molar-refractivity contribution in [2.75, 3.05) is 99.8 Å². The topological polar surface area (TPSA) is 161 Å². The quantitative estimate of drug-likeness (QED) is 0.0421. The highest BCUT2D eigenvalue weighted by Crippen LogP contribution is 2.43. The summed E-state index contributed by atoms with van der Waals surface area (Å²) >= 11 is 3.59. The number of piperidine rings is 3. The van der Waals surface area contributed by atoms with Crippen LogP contribution in [-0.2, 0) is 20.6 Å². The number of hydrogen-bond acceptors (Lipinski definition) is 14. The Hall–Kier alpha value is -5.43. The standard InChI is InChI=1S/C50H59BrF4N11O4P/c1-5-30-26-36(60-50-58-28-33(51)48(62-50)59-35-8-7-34-45(57-16-15-56-34)47(35)71(3,4)69)38(70-2)27-37(30)65-20-13-31(14-21-65)64-24-22-63(23-25-64)17-10-29-11-18-66(19-12-29)46-43(54)41(52)40(42(53)44(46)55)32-6-9-39(67)61-49(32)68/h7-8,15-16,26-29,31-32H,5-6,9-14,17-25H2,1-4H3,(H,61,67,68)(H2,58,59,60,62). The van der Waals surface area contributed by atoms with Crippen LogP contribution in [-0.4, -0.2) is 127 Å². The number of halogens is 5. The number of anilines is 6. The van der Waals surface area contributed by atoms with E-state index in [4.69, 9.17) is 9.72 Å². The van der Waals surface area contributed by atoms with Crippen LogP contribution in [0.5, 0.6) is 5.75 Å². The molecule has 0 spiro atoms. The number of methoxy groups -OCH3 is 1. The minimum absolute atomic E-state index is 0.177. The SMILES string of the molecule is CCc1cc(Nc2ncc(Br)c(Nc3ccc4nccnc4c3P(C)(C)=O)n2)c(OC)cc1N1CCC(N2CCN(CCC3CCN(c4c(F)c(F)c(C5CCC(=O)NC5=O)c(F)c4F)CC3)CC2)CC1. The van der Waals surface area contributed by atoms with Crippen molar-refractivity contribution in [1.82, 2.24) is 35.1 Å². The lowest BCUT2D eigenvalue weighted by Crippen LogP contribution is -2.53. The van der Waals surface area contributed by atoms with Crippen LogP contribution < -0.4 is 35.8 Å². The minimum Gasteiger partial charge on any atom is -0.494 e. The largest absolute Gasteiger partial charge is 0.494 e. The van der Waals surface area contributed by atoms with Gasteiger partial charge in [0.05, 0.1) is 39.7 Å². The average molecular weight is 1060 g/mol. The van der Waals surface area contributed by atoms with Gasteiger partial charge >= 0.3 is 0 Å². The first-order valence-corrected chi connectivity index (χ1v) is 27.7. The van der Waals surface area contributed by atoms with Crippen molar-refractivity contribution in [3.63, 3.8) is 0 Å². The maximum atomic E-state index is 15.4. The van der Waals surface area contributed by atoms with Crippen LogP contribution in [0.3, 0.4) is 0 Å². The van der Waals surface area contributed by atoms with E-state index in [1.165, 1.54) is 10.5 Å². The molecule has 6 heterocycles. The van der Waals surface area contributed by atoms with Crippen LogP contribution in [0.25, 0.3) is 11.0 Å². The van der Waals surface area contributed by atoms with Crippen LogP contribution in [0.15, 0.2) is 47.3 Å². The summed E-state index contributed by atoms with van der Waals surface area (Å²) in [6.07, 6.45) is 9.55. The summed E-state index contributed by atoms with van der Waals surface area (Å²) in [6.45, 7) is 12.7. The van der Waals surface area contributed by atoms with E-state index in [1.54, 1.807) is 39.0 Å². The van der Waals surface area contributed by atoms with Gasteiger partial charge in [-0.15, -0.1) is 0 Å². The second-order valence-corrected chi connectivity index (χ2v) is 23.3. The van der Waals surface area contributed by atoms with Crippen molar-refractivity contribution in [2.24, 2.45) is 5.92 Å². The fourth-order valence-corrected chi connectivity index (χ4v) is 12.4. The molecule has 71 heavy (non-hydrogen) atoms. The number of nitrogens with zero attached hydrogens (tertiary/aromatic N) is 8. The lowest BCUT2D eigenvalue weighted by molar-refractivity contribution is -0.134. The Bertz CT molecular complexity index is 2840. The molecule has 3 N–H and O–H groups in total. The number of aryl methyl sites for hydroxylation is 1. The van der Waals surface area contributed by atoms with Gasteiger partial charge in [0.2, 0.25) is 17.8 Å². The van der Waals surface area contributed by atoms with Gasteiger partial charge in [-0.2, -0.15) is 4.98 Å². The van der Waals surface area contributed by atoms with E-state index >= 15 is 17.6 Å². The zero-order valence-corrected chi connectivity index (χ0v) is 42.8. The molecule has 0 bridgehead atoms. The van der Waals surface area contributed by atoms with Crippen molar-refractivity contribution < 1.29 is 36.5 Å². The third kappa shape index (κ3) is 10.7.